The summed E-state index contributed by atoms with van der Waals surface area (Å²) in [5.41, 5.74) is 1.93. The van der Waals surface area contributed by atoms with Gasteiger partial charge in [-0.2, -0.15) is 0 Å². The molecule has 128 valence electrons. The minimum atomic E-state index is -0.423. The first-order chi connectivity index (χ1) is 12.0. The van der Waals surface area contributed by atoms with E-state index < -0.39 is 5.91 Å². The van der Waals surface area contributed by atoms with Crippen molar-refractivity contribution < 1.29 is 14.0 Å². The van der Waals surface area contributed by atoms with E-state index >= 15 is 0 Å². The van der Waals surface area contributed by atoms with Gasteiger partial charge in [-0.05, 0) is 37.6 Å². The maximum Gasteiger partial charge on any atom is 0.293 e. The molecule has 25 heavy (non-hydrogen) atoms. The summed E-state index contributed by atoms with van der Waals surface area (Å²) in [4.78, 5) is 29.1. The zero-order chi connectivity index (χ0) is 18.0. The standard InChI is InChI=1S/C17H14ClN3O3S/c1-9-5-3-6-11(18)13(9)20-16(23)14-10(2)19-17(25-14)21-15(22)12-7-4-8-24-12/h3-8H,1-2H3,(H,20,23)(H,19,21,22). The highest BCUT2D eigenvalue weighted by atomic mass is 35.5. The summed E-state index contributed by atoms with van der Waals surface area (Å²) in [6.45, 7) is 3.56. The predicted molar refractivity (Wildman–Crippen MR) is 97.7 cm³/mol. The summed E-state index contributed by atoms with van der Waals surface area (Å²) >= 11 is 7.22. The van der Waals surface area contributed by atoms with Crippen LogP contribution in [0.1, 0.15) is 31.5 Å². The first kappa shape index (κ1) is 17.2. The Labute approximate surface area is 152 Å². The number of carbonyl (C=O) groups is 2. The number of amides is 2. The van der Waals surface area contributed by atoms with Gasteiger partial charge in [-0.1, -0.05) is 35.1 Å². The Morgan fingerprint density at radius 1 is 1.12 bits per heavy atom. The molecule has 3 aromatic rings. The molecule has 2 amide bonds. The molecule has 0 spiro atoms. The Balaban J connectivity index is 1.78. The van der Waals surface area contributed by atoms with Gasteiger partial charge in [0.2, 0.25) is 0 Å². The van der Waals surface area contributed by atoms with Crippen LogP contribution in [0.15, 0.2) is 41.0 Å². The molecule has 0 saturated carbocycles. The minimum absolute atomic E-state index is 0.172. The van der Waals surface area contributed by atoms with Crippen molar-refractivity contribution in [2.45, 2.75) is 13.8 Å². The van der Waals surface area contributed by atoms with Gasteiger partial charge in [0.05, 0.1) is 22.7 Å². The van der Waals surface area contributed by atoms with Gasteiger partial charge in [-0.3, -0.25) is 14.9 Å². The highest BCUT2D eigenvalue weighted by molar-refractivity contribution is 7.17. The molecule has 2 N–H and O–H groups in total. The fourth-order valence-corrected chi connectivity index (χ4v) is 3.31. The monoisotopic (exact) mass is 375 g/mol. The summed E-state index contributed by atoms with van der Waals surface area (Å²) in [5.74, 6) is -0.581. The number of hydrogen-bond donors (Lipinski definition) is 2. The van der Waals surface area contributed by atoms with Crippen LogP contribution in [-0.2, 0) is 0 Å². The van der Waals surface area contributed by atoms with E-state index in [9.17, 15) is 9.59 Å². The number of para-hydroxylation sites is 1. The minimum Gasteiger partial charge on any atom is -0.459 e. The lowest BCUT2D eigenvalue weighted by atomic mass is 10.2. The van der Waals surface area contributed by atoms with Crippen LogP contribution >= 0.6 is 22.9 Å². The second-order valence-electron chi connectivity index (χ2n) is 5.25. The van der Waals surface area contributed by atoms with E-state index in [1.807, 2.05) is 19.1 Å². The van der Waals surface area contributed by atoms with E-state index in [1.165, 1.54) is 6.26 Å². The highest BCUT2D eigenvalue weighted by Gasteiger charge is 2.19. The molecule has 2 heterocycles. The fourth-order valence-electron chi connectivity index (χ4n) is 2.19. The molecule has 0 atom stereocenters. The number of rotatable bonds is 4. The van der Waals surface area contributed by atoms with Crippen LogP contribution in [-0.4, -0.2) is 16.8 Å². The normalized spacial score (nSPS) is 10.5. The number of thiazole rings is 1. The van der Waals surface area contributed by atoms with Gasteiger partial charge in [0.1, 0.15) is 4.88 Å². The van der Waals surface area contributed by atoms with Crippen LogP contribution < -0.4 is 10.6 Å². The predicted octanol–water partition coefficient (Wildman–Crippen LogP) is 4.51. The van der Waals surface area contributed by atoms with Gasteiger partial charge >= 0.3 is 0 Å². The largest absolute Gasteiger partial charge is 0.459 e. The third-order valence-corrected chi connectivity index (χ3v) is 4.82. The molecule has 2 aromatic heterocycles. The topological polar surface area (TPSA) is 84.2 Å². The summed E-state index contributed by atoms with van der Waals surface area (Å²) in [6.07, 6.45) is 1.41. The molecule has 0 unspecified atom stereocenters. The molecule has 0 radical (unpaired) electrons. The molecule has 8 heteroatoms. The number of benzene rings is 1. The van der Waals surface area contributed by atoms with Crippen molar-refractivity contribution in [3.63, 3.8) is 0 Å². The van der Waals surface area contributed by atoms with Crippen LogP contribution in [0.5, 0.6) is 0 Å². The van der Waals surface area contributed by atoms with Crippen molar-refractivity contribution >= 4 is 45.6 Å². The van der Waals surface area contributed by atoms with Crippen LogP contribution in [0.25, 0.3) is 0 Å². The second kappa shape index (κ2) is 7.08. The van der Waals surface area contributed by atoms with Gasteiger partial charge in [-0.15, -0.1) is 0 Å². The molecule has 0 saturated heterocycles. The number of aryl methyl sites for hydroxylation is 2. The van der Waals surface area contributed by atoms with Gasteiger partial charge in [-0.25, -0.2) is 4.98 Å². The number of aromatic nitrogens is 1. The van der Waals surface area contributed by atoms with Gasteiger partial charge in [0, 0.05) is 0 Å². The van der Waals surface area contributed by atoms with Crippen molar-refractivity contribution in [2.24, 2.45) is 0 Å². The van der Waals surface area contributed by atoms with E-state index in [-0.39, 0.29) is 11.7 Å². The van der Waals surface area contributed by atoms with Crippen molar-refractivity contribution in [1.29, 1.82) is 0 Å². The molecule has 0 aliphatic heterocycles. The Morgan fingerprint density at radius 2 is 1.92 bits per heavy atom. The zero-order valence-electron chi connectivity index (χ0n) is 13.4. The lowest BCUT2D eigenvalue weighted by Crippen LogP contribution is -2.12. The highest BCUT2D eigenvalue weighted by Crippen LogP contribution is 2.28. The van der Waals surface area contributed by atoms with Crippen molar-refractivity contribution in [2.75, 3.05) is 10.6 Å². The maximum absolute atomic E-state index is 12.5. The number of carbonyl (C=O) groups excluding carboxylic acids is 2. The fraction of sp³-hybridized carbons (Fsp3) is 0.118. The molecular formula is C17H14ClN3O3S. The van der Waals surface area contributed by atoms with Crippen LogP contribution in [0, 0.1) is 13.8 Å². The average Bonchev–Trinajstić information content (AvgIpc) is 3.21. The number of furan rings is 1. The van der Waals surface area contributed by atoms with E-state index in [1.54, 1.807) is 25.1 Å². The number of nitrogens with one attached hydrogen (secondary N) is 2. The molecule has 0 bridgehead atoms. The number of anilines is 2. The Kier molecular flexibility index (Phi) is 4.87. The van der Waals surface area contributed by atoms with E-state index in [0.717, 1.165) is 16.9 Å². The van der Waals surface area contributed by atoms with Crippen LogP contribution in [0.4, 0.5) is 10.8 Å². The number of halogens is 1. The molecule has 6 nitrogen and oxygen atoms in total. The van der Waals surface area contributed by atoms with Crippen LogP contribution in [0.3, 0.4) is 0 Å². The average molecular weight is 376 g/mol. The number of hydrogen-bond acceptors (Lipinski definition) is 5. The lowest BCUT2D eigenvalue weighted by Gasteiger charge is -2.09. The zero-order valence-corrected chi connectivity index (χ0v) is 15.0. The first-order valence-electron chi connectivity index (χ1n) is 7.34. The lowest BCUT2D eigenvalue weighted by molar-refractivity contribution is 0.0994. The van der Waals surface area contributed by atoms with Gasteiger partial charge in [0.25, 0.3) is 11.8 Å². The third kappa shape index (κ3) is 3.72. The van der Waals surface area contributed by atoms with Crippen LogP contribution in [0.2, 0.25) is 5.02 Å². The maximum atomic E-state index is 12.5. The van der Waals surface area contributed by atoms with E-state index in [0.29, 0.717) is 26.4 Å². The summed E-state index contributed by atoms with van der Waals surface area (Å²) < 4.78 is 5.03. The summed E-state index contributed by atoms with van der Waals surface area (Å²) in [6, 6.07) is 8.54. The molecule has 0 aliphatic carbocycles. The SMILES string of the molecule is Cc1cccc(Cl)c1NC(=O)c1sc(NC(=O)c2ccco2)nc1C. The summed E-state index contributed by atoms with van der Waals surface area (Å²) in [5, 5.41) is 6.19. The molecular weight excluding hydrogens is 362 g/mol. The summed E-state index contributed by atoms with van der Waals surface area (Å²) in [7, 11) is 0. The second-order valence-corrected chi connectivity index (χ2v) is 6.66. The smallest absolute Gasteiger partial charge is 0.293 e. The van der Waals surface area contributed by atoms with E-state index in [4.69, 9.17) is 16.0 Å². The van der Waals surface area contributed by atoms with Gasteiger partial charge in [0.15, 0.2) is 10.9 Å². The molecule has 1 aromatic carbocycles. The van der Waals surface area contributed by atoms with Gasteiger partial charge < -0.3 is 9.73 Å². The Bertz CT molecular complexity index is 915. The number of nitrogens with zero attached hydrogens (tertiary/aromatic N) is 1. The van der Waals surface area contributed by atoms with Crippen molar-refractivity contribution in [3.8, 4) is 0 Å². The van der Waals surface area contributed by atoms with E-state index in [2.05, 4.69) is 15.6 Å². The third-order valence-electron chi connectivity index (χ3n) is 3.43. The van der Waals surface area contributed by atoms with Crippen molar-refractivity contribution in [1.82, 2.24) is 4.98 Å². The Hall–Kier alpha value is -2.64. The Morgan fingerprint density at radius 3 is 2.60 bits per heavy atom. The molecule has 0 fully saturated rings. The molecule has 3 rings (SSSR count). The quantitative estimate of drug-likeness (QED) is 0.702. The first-order valence-corrected chi connectivity index (χ1v) is 8.54. The molecule has 0 aliphatic rings. The van der Waals surface area contributed by atoms with Crippen molar-refractivity contribution in [3.05, 3.63) is 63.5 Å².